The summed E-state index contributed by atoms with van der Waals surface area (Å²) in [5.74, 6) is -3.02. The molecule has 17 heteroatoms. The van der Waals surface area contributed by atoms with Gasteiger partial charge >= 0.3 is 23.9 Å². The van der Waals surface area contributed by atoms with Crippen LogP contribution in [-0.2, 0) is 76.4 Å². The third kappa shape index (κ3) is 8.37. The van der Waals surface area contributed by atoms with E-state index in [2.05, 4.69) is 5.32 Å². The number of amides is 2. The van der Waals surface area contributed by atoms with Crippen molar-refractivity contribution in [3.05, 3.63) is 160 Å². The number of nitrogens with one attached hydrogen (secondary N) is 1. The molecule has 1 N–H and O–H groups in total. The van der Waals surface area contributed by atoms with Gasteiger partial charge in [-0.2, -0.15) is 0 Å². The second-order valence-corrected chi connectivity index (χ2v) is 17.7. The first-order valence-corrected chi connectivity index (χ1v) is 23.4. The number of likely N-dealkylation sites (tertiary alicyclic amines) is 2. The number of para-hydroxylation sites is 1. The number of benzene rings is 4. The van der Waals surface area contributed by atoms with Crippen molar-refractivity contribution in [2.75, 3.05) is 59.6 Å². The maximum Gasteiger partial charge on any atom is 0.357 e. The number of methoxy groups -OCH3 is 4. The second kappa shape index (κ2) is 20.3. The van der Waals surface area contributed by atoms with Gasteiger partial charge in [-0.25, -0.2) is 29.2 Å². The summed E-state index contributed by atoms with van der Waals surface area (Å²) in [6, 6.07) is 34.3. The smallest absolute Gasteiger partial charge is 0.357 e. The number of piperidine rings is 2. The van der Waals surface area contributed by atoms with Gasteiger partial charge in [-0.05, 0) is 41.2 Å². The second-order valence-electron chi connectivity index (χ2n) is 17.7. The van der Waals surface area contributed by atoms with Gasteiger partial charge < -0.3 is 33.9 Å². The fourth-order valence-corrected chi connectivity index (χ4v) is 11.1. The molecule has 5 aliphatic heterocycles. The molecule has 17 nitrogen and oxygen atoms in total. The van der Waals surface area contributed by atoms with Crippen LogP contribution in [0.2, 0.25) is 0 Å². The van der Waals surface area contributed by atoms with Crippen LogP contribution in [0.5, 0.6) is 0 Å². The van der Waals surface area contributed by atoms with Crippen LogP contribution in [0.1, 0.15) is 47.9 Å². The quantitative estimate of drug-likeness (QED) is 0.0924. The Morgan fingerprint density at radius 1 is 0.592 bits per heavy atom. The number of amidine groups is 2. The monoisotopic (exact) mass is 962 g/mol. The Hall–Kier alpha value is -7.76. The van der Waals surface area contributed by atoms with E-state index in [9.17, 15) is 28.8 Å². The molecule has 2 fully saturated rings. The Morgan fingerprint density at radius 3 is 1.63 bits per heavy atom. The highest BCUT2D eigenvalue weighted by Gasteiger charge is 2.63. The molecule has 0 aliphatic carbocycles. The maximum atomic E-state index is 14.1. The van der Waals surface area contributed by atoms with E-state index in [4.69, 9.17) is 33.7 Å². The lowest BCUT2D eigenvalue weighted by Gasteiger charge is -2.50. The molecule has 2 saturated heterocycles. The van der Waals surface area contributed by atoms with Crippen molar-refractivity contribution in [2.24, 2.45) is 9.98 Å². The van der Waals surface area contributed by atoms with E-state index in [0.717, 1.165) is 27.9 Å². The van der Waals surface area contributed by atoms with Gasteiger partial charge in [0.1, 0.15) is 11.7 Å². The first-order chi connectivity index (χ1) is 34.5. The van der Waals surface area contributed by atoms with Gasteiger partial charge in [0.05, 0.1) is 88.8 Å². The van der Waals surface area contributed by atoms with Gasteiger partial charge in [-0.15, -0.1) is 0 Å². The largest absolute Gasteiger partial charge is 0.466 e. The van der Waals surface area contributed by atoms with E-state index >= 15 is 0 Å². The number of hydrogen-bond donors (Lipinski definition) is 1. The molecule has 5 heterocycles. The zero-order valence-electron chi connectivity index (χ0n) is 39.9. The van der Waals surface area contributed by atoms with Gasteiger partial charge in [0.2, 0.25) is 11.8 Å². The van der Waals surface area contributed by atoms with Crippen LogP contribution >= 0.6 is 0 Å². The molecule has 2 amide bonds. The summed E-state index contributed by atoms with van der Waals surface area (Å²) in [5.41, 5.74) is 1.27. The summed E-state index contributed by atoms with van der Waals surface area (Å²) >= 11 is 0. The van der Waals surface area contributed by atoms with E-state index in [1.165, 1.54) is 28.4 Å². The average Bonchev–Trinajstić information content (AvgIpc) is 3.69. The van der Waals surface area contributed by atoms with Gasteiger partial charge in [-0.3, -0.25) is 19.4 Å². The molecule has 0 saturated carbocycles. The van der Waals surface area contributed by atoms with Gasteiger partial charge in [0.25, 0.3) is 0 Å². The van der Waals surface area contributed by atoms with Crippen molar-refractivity contribution in [3.8, 4) is 0 Å². The molecule has 0 bridgehead atoms. The highest BCUT2D eigenvalue weighted by molar-refractivity contribution is 6.16. The molecule has 1 spiro atoms. The lowest BCUT2D eigenvalue weighted by atomic mass is 9.63. The number of anilines is 1. The fraction of sp³-hybridized carbons (Fsp3) is 0.333. The Kier molecular flexibility index (Phi) is 13.8. The first kappa shape index (κ1) is 48.3. The minimum absolute atomic E-state index is 0.00626. The van der Waals surface area contributed by atoms with E-state index < -0.39 is 46.8 Å². The molecule has 4 atom stereocenters. The minimum Gasteiger partial charge on any atom is -0.466 e. The van der Waals surface area contributed by atoms with E-state index in [0.29, 0.717) is 18.1 Å². The Bertz CT molecular complexity index is 2890. The molecule has 366 valence electrons. The van der Waals surface area contributed by atoms with Crippen LogP contribution < -0.4 is 10.2 Å². The van der Waals surface area contributed by atoms with Crippen molar-refractivity contribution in [1.29, 1.82) is 0 Å². The Morgan fingerprint density at radius 2 is 1.07 bits per heavy atom. The van der Waals surface area contributed by atoms with Gasteiger partial charge in [-0.1, -0.05) is 109 Å². The number of aliphatic imine (C=N–C) groups is 2. The predicted octanol–water partition coefficient (Wildman–Crippen LogP) is 4.70. The zero-order valence-corrected chi connectivity index (χ0v) is 39.9. The van der Waals surface area contributed by atoms with Crippen LogP contribution in [0, 0.1) is 0 Å². The molecule has 4 aromatic rings. The van der Waals surface area contributed by atoms with Crippen molar-refractivity contribution < 1.29 is 52.5 Å². The zero-order chi connectivity index (χ0) is 49.9. The highest BCUT2D eigenvalue weighted by Crippen LogP contribution is 2.56. The molecule has 0 radical (unpaired) electrons. The molecular weight excluding hydrogens is 909 g/mol. The molecule has 71 heavy (non-hydrogen) atoms. The lowest BCUT2D eigenvalue weighted by Crippen LogP contribution is -2.65. The van der Waals surface area contributed by atoms with Crippen LogP contribution in [0.25, 0.3) is 0 Å². The molecular formula is C54H54N6O11. The van der Waals surface area contributed by atoms with E-state index in [-0.39, 0.29) is 93.0 Å². The van der Waals surface area contributed by atoms with Crippen molar-refractivity contribution >= 4 is 53.1 Å². The summed E-state index contributed by atoms with van der Waals surface area (Å²) in [6.45, 7) is 0.899. The number of ether oxygens (including phenoxy) is 5. The number of hydrogen-bond acceptors (Lipinski definition) is 15. The van der Waals surface area contributed by atoms with Crippen LogP contribution in [0.4, 0.5) is 5.69 Å². The topological polar surface area (TPSA) is 195 Å². The number of esters is 4. The summed E-state index contributed by atoms with van der Waals surface area (Å²) < 4.78 is 27.5. The average molecular weight is 963 g/mol. The number of fused-ring (bicyclic) bond motifs is 2. The first-order valence-electron chi connectivity index (χ1n) is 23.4. The van der Waals surface area contributed by atoms with Gasteiger partial charge in [0, 0.05) is 31.6 Å². The highest BCUT2D eigenvalue weighted by atomic mass is 16.5. The lowest BCUT2D eigenvalue weighted by molar-refractivity contribution is -0.140. The fourth-order valence-electron chi connectivity index (χ4n) is 11.1. The summed E-state index contributed by atoms with van der Waals surface area (Å²) in [4.78, 5) is 98.3. The standard InChI is InChI=1S/C54H54N6O11/c1-67-47(63)41-43(49(65)69-3)56-51-53(36-20-12-7-13-21-36,26-24-39(61)59(51)32-34-16-8-5-9-17-34)45(41)55-28-30-71-31-29-58-38-23-15-14-22-37(38)54-27-25-40(62)60(33-35-18-10-6-11-19-35)52(54)57-44(50(66)70-4)42(46(54)58)48(64)68-2/h5-23,45-46,55H,24-33H2,1-4H3/t45?,46?,53-,54-/m0/s1. The SMILES string of the molecule is COC(=O)C1=C(C(=O)OC)C(NCCOCCN2c3ccccc3[C@]34CCC(=O)N(Cc5ccccc5)C3=NC(C(=O)OC)=C(C(=O)OC)C24)[C@@]2(c3ccccc3)CCC(=O)N(Cc3ccccc3)C2=N1. The predicted molar refractivity (Wildman–Crippen MR) is 259 cm³/mol. The molecule has 4 aromatic carbocycles. The van der Waals surface area contributed by atoms with Crippen molar-refractivity contribution in [1.82, 2.24) is 15.1 Å². The number of nitrogens with zero attached hydrogens (tertiary/aromatic N) is 5. The van der Waals surface area contributed by atoms with E-state index in [1.54, 1.807) is 9.80 Å². The molecule has 9 rings (SSSR count). The number of carbonyl (C=O) groups excluding carboxylic acids is 6. The van der Waals surface area contributed by atoms with Crippen molar-refractivity contribution in [2.45, 2.75) is 61.7 Å². The number of rotatable bonds is 16. The molecule has 2 unspecified atom stereocenters. The van der Waals surface area contributed by atoms with Gasteiger partial charge in [0.15, 0.2) is 11.4 Å². The van der Waals surface area contributed by atoms with Crippen LogP contribution in [0.3, 0.4) is 0 Å². The Labute approximate surface area is 410 Å². The molecule has 0 aromatic heterocycles. The number of carbonyl (C=O) groups is 6. The molecule has 5 aliphatic rings. The minimum atomic E-state index is -1.15. The summed E-state index contributed by atoms with van der Waals surface area (Å²) in [6.07, 6.45) is 0.794. The third-order valence-corrected chi connectivity index (χ3v) is 14.1. The van der Waals surface area contributed by atoms with E-state index in [1.807, 2.05) is 120 Å². The van der Waals surface area contributed by atoms with Crippen LogP contribution in [0.15, 0.2) is 148 Å². The van der Waals surface area contributed by atoms with Crippen molar-refractivity contribution in [3.63, 3.8) is 0 Å². The normalized spacial score (nSPS) is 22.4. The van der Waals surface area contributed by atoms with Crippen LogP contribution in [-0.4, -0.2) is 124 Å². The third-order valence-electron chi connectivity index (χ3n) is 14.1. The maximum absolute atomic E-state index is 14.1. The summed E-state index contributed by atoms with van der Waals surface area (Å²) in [7, 11) is 4.88. The Balaban J connectivity index is 1.04. The summed E-state index contributed by atoms with van der Waals surface area (Å²) in [5, 5.41) is 3.55.